The van der Waals surface area contributed by atoms with E-state index in [0.29, 0.717) is 12.1 Å². The monoisotopic (exact) mass is 470 g/mol. The van der Waals surface area contributed by atoms with Crippen molar-refractivity contribution in [2.24, 2.45) is 0 Å². The lowest BCUT2D eigenvalue weighted by atomic mass is 9.79. The van der Waals surface area contributed by atoms with E-state index >= 15 is 0 Å². The van der Waals surface area contributed by atoms with Gasteiger partial charge in [0.1, 0.15) is 0 Å². The summed E-state index contributed by atoms with van der Waals surface area (Å²) in [5.74, 6) is 0. The van der Waals surface area contributed by atoms with Gasteiger partial charge in [-0.05, 0) is 114 Å². The fourth-order valence-corrected chi connectivity index (χ4v) is 6.08. The lowest BCUT2D eigenvalue weighted by molar-refractivity contribution is 0.131. The maximum absolute atomic E-state index is 5.35. The number of nitrogens with one attached hydrogen (secondary N) is 4. The van der Waals surface area contributed by atoms with Crippen molar-refractivity contribution in [1.29, 1.82) is 0 Å². The van der Waals surface area contributed by atoms with Crippen molar-refractivity contribution >= 4 is 0 Å². The summed E-state index contributed by atoms with van der Waals surface area (Å²) < 4.78 is 10.4. The highest BCUT2D eigenvalue weighted by Gasteiger charge is 2.38. The Morgan fingerprint density at radius 2 is 1.03 bits per heavy atom. The molecule has 6 heteroatoms. The highest BCUT2D eigenvalue weighted by atomic mass is 16.5. The quantitative estimate of drug-likeness (QED) is 0.339. The van der Waals surface area contributed by atoms with E-state index in [1.807, 2.05) is 6.92 Å². The lowest BCUT2D eigenvalue weighted by Gasteiger charge is -2.46. The minimum atomic E-state index is 0.235. The van der Waals surface area contributed by atoms with Crippen LogP contribution >= 0.6 is 0 Å². The Labute approximate surface area is 206 Å². The Morgan fingerprint density at radius 3 is 1.36 bits per heavy atom. The summed E-state index contributed by atoms with van der Waals surface area (Å²) in [4.78, 5) is 0. The molecule has 33 heavy (non-hydrogen) atoms. The van der Waals surface area contributed by atoms with Gasteiger partial charge in [0.25, 0.3) is 0 Å². The summed E-state index contributed by atoms with van der Waals surface area (Å²) in [6, 6.07) is 1.26. The van der Waals surface area contributed by atoms with Crippen molar-refractivity contribution in [2.45, 2.75) is 135 Å². The van der Waals surface area contributed by atoms with Gasteiger partial charge in [0.05, 0.1) is 0 Å². The summed E-state index contributed by atoms with van der Waals surface area (Å²) in [6.45, 7) is 25.1. The van der Waals surface area contributed by atoms with Gasteiger partial charge >= 0.3 is 0 Å². The molecule has 0 radical (unpaired) electrons. The van der Waals surface area contributed by atoms with E-state index in [9.17, 15) is 0 Å². The van der Waals surface area contributed by atoms with Crippen LogP contribution < -0.4 is 21.3 Å². The molecule has 2 heterocycles. The molecule has 0 spiro atoms. The van der Waals surface area contributed by atoms with Gasteiger partial charge in [0, 0.05) is 61.2 Å². The van der Waals surface area contributed by atoms with Crippen LogP contribution in [0, 0.1) is 0 Å². The lowest BCUT2D eigenvalue weighted by Crippen LogP contribution is -2.61. The van der Waals surface area contributed by atoms with Gasteiger partial charge in [-0.2, -0.15) is 0 Å². The number of methoxy groups -OCH3 is 1. The van der Waals surface area contributed by atoms with Gasteiger partial charge in [-0.1, -0.05) is 0 Å². The van der Waals surface area contributed by atoms with Gasteiger partial charge in [-0.25, -0.2) is 0 Å². The molecule has 0 bridgehead atoms. The van der Waals surface area contributed by atoms with Gasteiger partial charge in [0.15, 0.2) is 0 Å². The third-order valence-electron chi connectivity index (χ3n) is 6.44. The van der Waals surface area contributed by atoms with Crippen LogP contribution in [0.4, 0.5) is 0 Å². The average molecular weight is 471 g/mol. The van der Waals surface area contributed by atoms with E-state index in [0.717, 1.165) is 45.8 Å². The van der Waals surface area contributed by atoms with Crippen LogP contribution in [0.3, 0.4) is 0 Å². The second kappa shape index (κ2) is 13.7. The zero-order chi connectivity index (χ0) is 25.2. The van der Waals surface area contributed by atoms with Crippen LogP contribution in [0.15, 0.2) is 0 Å². The number of ether oxygens (including phenoxy) is 2. The Balaban J connectivity index is 0.000000331. The van der Waals surface area contributed by atoms with Crippen molar-refractivity contribution < 1.29 is 9.47 Å². The Kier molecular flexibility index (Phi) is 12.8. The smallest absolute Gasteiger partial charge is 0.0477 e. The molecule has 2 saturated heterocycles. The summed E-state index contributed by atoms with van der Waals surface area (Å²) >= 11 is 0. The molecule has 198 valence electrons. The van der Waals surface area contributed by atoms with Crippen molar-refractivity contribution in [3.05, 3.63) is 0 Å². The number of hydrogen-bond acceptors (Lipinski definition) is 6. The van der Waals surface area contributed by atoms with Crippen LogP contribution in [0.5, 0.6) is 0 Å². The molecule has 0 aromatic carbocycles. The Hall–Kier alpha value is -0.240. The molecule has 6 nitrogen and oxygen atoms in total. The molecular weight excluding hydrogens is 412 g/mol. The first-order valence-corrected chi connectivity index (χ1v) is 13.3. The van der Waals surface area contributed by atoms with Crippen molar-refractivity contribution in [3.63, 3.8) is 0 Å². The van der Waals surface area contributed by atoms with Crippen LogP contribution in [-0.2, 0) is 9.47 Å². The Morgan fingerprint density at radius 1 is 0.667 bits per heavy atom. The third-order valence-corrected chi connectivity index (χ3v) is 6.44. The predicted molar refractivity (Wildman–Crippen MR) is 142 cm³/mol. The van der Waals surface area contributed by atoms with Crippen molar-refractivity contribution in [2.75, 3.05) is 40.0 Å². The maximum atomic E-state index is 5.35. The maximum Gasteiger partial charge on any atom is 0.0477 e. The van der Waals surface area contributed by atoms with Crippen LogP contribution in [0.2, 0.25) is 0 Å². The van der Waals surface area contributed by atoms with Crippen molar-refractivity contribution in [1.82, 2.24) is 21.3 Å². The molecule has 2 rings (SSSR count). The Bertz CT molecular complexity index is 502. The minimum Gasteiger partial charge on any atom is -0.385 e. The molecule has 2 aliphatic heterocycles. The summed E-state index contributed by atoms with van der Waals surface area (Å²) in [6.07, 6.45) is 7.00. The summed E-state index contributed by atoms with van der Waals surface area (Å²) in [5.41, 5.74) is 0.944. The largest absolute Gasteiger partial charge is 0.385 e. The van der Waals surface area contributed by atoms with Crippen LogP contribution in [0.25, 0.3) is 0 Å². The van der Waals surface area contributed by atoms with Gasteiger partial charge in [0.2, 0.25) is 0 Å². The molecule has 2 aliphatic rings. The second-order valence-electron chi connectivity index (χ2n) is 12.8. The molecule has 0 saturated carbocycles. The molecule has 4 N–H and O–H groups in total. The number of piperidine rings is 2. The van der Waals surface area contributed by atoms with Crippen LogP contribution in [0.1, 0.15) is 101 Å². The standard InChI is InChI=1S/C14H30N2O.C13H28N2O/c1-6-17-9-7-8-15-12-10-13(2,3)16-14(4,5)11-12;1-12(2)9-11(10-13(3,4)15-12)14-7-6-8-16-5/h12,15-16H,6-11H2,1-5H3;11,14-15H,6-10H2,1-5H3. The first kappa shape index (κ1) is 30.8. The highest BCUT2D eigenvalue weighted by Crippen LogP contribution is 2.29. The molecule has 0 aromatic heterocycles. The molecule has 2 fully saturated rings. The van der Waals surface area contributed by atoms with Gasteiger partial charge in [-0.15, -0.1) is 0 Å². The molecular formula is C27H58N4O2. The van der Waals surface area contributed by atoms with E-state index in [-0.39, 0.29) is 22.2 Å². The predicted octanol–water partition coefficient (Wildman–Crippen LogP) is 4.23. The van der Waals surface area contributed by atoms with E-state index < -0.39 is 0 Å². The van der Waals surface area contributed by atoms with E-state index in [1.165, 1.54) is 25.7 Å². The summed E-state index contributed by atoms with van der Waals surface area (Å²) in [7, 11) is 1.76. The molecule has 0 atom stereocenters. The molecule has 0 aromatic rings. The molecule has 0 unspecified atom stereocenters. The van der Waals surface area contributed by atoms with E-state index in [4.69, 9.17) is 9.47 Å². The molecule has 0 aliphatic carbocycles. The zero-order valence-electron chi connectivity index (χ0n) is 23.7. The fraction of sp³-hybridized carbons (Fsp3) is 1.00. The summed E-state index contributed by atoms with van der Waals surface area (Å²) in [5, 5.41) is 14.7. The first-order chi connectivity index (χ1) is 15.2. The topological polar surface area (TPSA) is 66.6 Å². The fourth-order valence-electron chi connectivity index (χ4n) is 6.08. The van der Waals surface area contributed by atoms with Crippen LogP contribution in [-0.4, -0.2) is 74.3 Å². The number of hydrogen-bond donors (Lipinski definition) is 4. The minimum absolute atomic E-state index is 0.235. The third kappa shape index (κ3) is 14.0. The van der Waals surface area contributed by atoms with E-state index in [1.54, 1.807) is 7.11 Å². The van der Waals surface area contributed by atoms with Crippen molar-refractivity contribution in [3.8, 4) is 0 Å². The first-order valence-electron chi connectivity index (χ1n) is 13.3. The average Bonchev–Trinajstić information content (AvgIpc) is 2.60. The van der Waals surface area contributed by atoms with E-state index in [2.05, 4.69) is 76.7 Å². The normalized spacial score (nSPS) is 24.2. The SMILES string of the molecule is CCOCCCNC1CC(C)(C)NC(C)(C)C1.COCCCNC1CC(C)(C)NC(C)(C)C1. The zero-order valence-corrected chi connectivity index (χ0v) is 23.7. The second-order valence-corrected chi connectivity index (χ2v) is 12.8. The highest BCUT2D eigenvalue weighted by molar-refractivity contribution is 5.00. The van der Waals surface area contributed by atoms with Gasteiger partial charge in [-0.3, -0.25) is 0 Å². The molecule has 0 amide bonds. The number of rotatable bonds is 11. The van der Waals surface area contributed by atoms with Gasteiger partial charge < -0.3 is 30.7 Å².